The van der Waals surface area contributed by atoms with Gasteiger partial charge in [0.15, 0.2) is 0 Å². The van der Waals surface area contributed by atoms with Crippen molar-refractivity contribution in [3.8, 4) is 0 Å². The first kappa shape index (κ1) is 14.5. The first-order valence-corrected chi connectivity index (χ1v) is 7.50. The van der Waals surface area contributed by atoms with Gasteiger partial charge >= 0.3 is 0 Å². The third kappa shape index (κ3) is 3.36. The summed E-state index contributed by atoms with van der Waals surface area (Å²) in [6, 6.07) is 6.80. The molecule has 0 spiro atoms. The zero-order valence-electron chi connectivity index (χ0n) is 12.0. The summed E-state index contributed by atoms with van der Waals surface area (Å²) in [6.45, 7) is 4.08. The number of hydrogen-bond donors (Lipinski definition) is 1. The van der Waals surface area contributed by atoms with Crippen LogP contribution in [0.3, 0.4) is 0 Å². The molecule has 1 aliphatic rings. The Morgan fingerprint density at radius 1 is 1.26 bits per heavy atom. The molecule has 1 saturated carbocycles. The summed E-state index contributed by atoms with van der Waals surface area (Å²) in [4.78, 5) is 0. The van der Waals surface area contributed by atoms with Gasteiger partial charge in [0.1, 0.15) is 5.82 Å². The molecule has 19 heavy (non-hydrogen) atoms. The van der Waals surface area contributed by atoms with Crippen molar-refractivity contribution in [1.82, 2.24) is 0 Å². The highest BCUT2D eigenvalue weighted by atomic mass is 19.1. The lowest BCUT2D eigenvalue weighted by Crippen LogP contribution is -2.42. The van der Waals surface area contributed by atoms with Gasteiger partial charge in [-0.15, -0.1) is 0 Å². The molecule has 3 unspecified atom stereocenters. The maximum atomic E-state index is 13.8. The average Bonchev–Trinajstić information content (AvgIpc) is 2.41. The Morgan fingerprint density at radius 2 is 1.95 bits per heavy atom. The summed E-state index contributed by atoms with van der Waals surface area (Å²) in [5, 5.41) is 10.9. The number of benzene rings is 1. The summed E-state index contributed by atoms with van der Waals surface area (Å²) >= 11 is 0. The van der Waals surface area contributed by atoms with E-state index in [2.05, 4.69) is 6.92 Å². The van der Waals surface area contributed by atoms with E-state index in [4.69, 9.17) is 0 Å². The van der Waals surface area contributed by atoms with Crippen molar-refractivity contribution in [3.05, 3.63) is 35.6 Å². The molecule has 1 aromatic carbocycles. The second kappa shape index (κ2) is 6.04. The largest absolute Gasteiger partial charge is 0.390 e. The van der Waals surface area contributed by atoms with Crippen molar-refractivity contribution in [2.24, 2.45) is 11.8 Å². The smallest absolute Gasteiger partial charge is 0.126 e. The highest BCUT2D eigenvalue weighted by Crippen LogP contribution is 2.40. The van der Waals surface area contributed by atoms with Crippen molar-refractivity contribution < 1.29 is 9.50 Å². The van der Waals surface area contributed by atoms with Crippen LogP contribution in [0.4, 0.5) is 4.39 Å². The SMILES string of the molecule is CCC1CCCCC1C(C)(O)Cc1ccccc1F. The van der Waals surface area contributed by atoms with Crippen LogP contribution in [-0.4, -0.2) is 10.7 Å². The van der Waals surface area contributed by atoms with Crippen molar-refractivity contribution in [1.29, 1.82) is 0 Å². The molecule has 1 N–H and O–H groups in total. The molecule has 3 atom stereocenters. The second-order valence-corrected chi connectivity index (χ2v) is 6.18. The van der Waals surface area contributed by atoms with Gasteiger partial charge < -0.3 is 5.11 Å². The molecule has 106 valence electrons. The average molecular weight is 264 g/mol. The lowest BCUT2D eigenvalue weighted by atomic mass is 9.68. The molecule has 0 aromatic heterocycles. The Morgan fingerprint density at radius 3 is 2.63 bits per heavy atom. The molecule has 1 aromatic rings. The molecule has 1 nitrogen and oxygen atoms in total. The van der Waals surface area contributed by atoms with E-state index >= 15 is 0 Å². The zero-order valence-corrected chi connectivity index (χ0v) is 12.0. The van der Waals surface area contributed by atoms with Crippen LogP contribution in [0.2, 0.25) is 0 Å². The van der Waals surface area contributed by atoms with E-state index in [0.29, 0.717) is 23.8 Å². The standard InChI is InChI=1S/C17H25FO/c1-3-13-8-4-6-10-15(13)17(2,19)12-14-9-5-7-11-16(14)18/h5,7,9,11,13,15,19H,3-4,6,8,10,12H2,1-2H3. The van der Waals surface area contributed by atoms with Gasteiger partial charge in [0, 0.05) is 6.42 Å². The predicted molar refractivity (Wildman–Crippen MR) is 76.5 cm³/mol. The van der Waals surface area contributed by atoms with Gasteiger partial charge in [0.25, 0.3) is 0 Å². The normalized spacial score (nSPS) is 26.9. The number of aliphatic hydroxyl groups is 1. The summed E-state index contributed by atoms with van der Waals surface area (Å²) in [7, 11) is 0. The quantitative estimate of drug-likeness (QED) is 0.858. The van der Waals surface area contributed by atoms with Crippen LogP contribution in [0.15, 0.2) is 24.3 Å². The minimum Gasteiger partial charge on any atom is -0.390 e. The third-order valence-electron chi connectivity index (χ3n) is 4.74. The fourth-order valence-electron chi connectivity index (χ4n) is 3.67. The van der Waals surface area contributed by atoms with Gasteiger partial charge in [0.2, 0.25) is 0 Å². The monoisotopic (exact) mass is 264 g/mol. The molecular weight excluding hydrogens is 239 g/mol. The Hall–Kier alpha value is -0.890. The van der Waals surface area contributed by atoms with Crippen molar-refractivity contribution in [2.45, 2.75) is 58.0 Å². The van der Waals surface area contributed by atoms with Gasteiger partial charge in [-0.2, -0.15) is 0 Å². The highest BCUT2D eigenvalue weighted by Gasteiger charge is 2.38. The fraction of sp³-hybridized carbons (Fsp3) is 0.647. The highest BCUT2D eigenvalue weighted by molar-refractivity contribution is 5.19. The summed E-state index contributed by atoms with van der Waals surface area (Å²) in [5.74, 6) is 0.674. The maximum Gasteiger partial charge on any atom is 0.126 e. The fourth-order valence-corrected chi connectivity index (χ4v) is 3.67. The number of rotatable bonds is 4. The van der Waals surface area contributed by atoms with Crippen LogP contribution in [0.1, 0.15) is 51.5 Å². The van der Waals surface area contributed by atoms with E-state index < -0.39 is 5.60 Å². The van der Waals surface area contributed by atoms with E-state index in [-0.39, 0.29) is 5.82 Å². The van der Waals surface area contributed by atoms with Crippen LogP contribution >= 0.6 is 0 Å². The van der Waals surface area contributed by atoms with E-state index in [1.165, 1.54) is 25.3 Å². The van der Waals surface area contributed by atoms with Crippen LogP contribution < -0.4 is 0 Å². The summed E-state index contributed by atoms with van der Waals surface area (Å²) in [5.41, 5.74) is -0.170. The maximum absolute atomic E-state index is 13.8. The third-order valence-corrected chi connectivity index (χ3v) is 4.74. The Balaban J connectivity index is 2.14. The number of hydrogen-bond acceptors (Lipinski definition) is 1. The summed E-state index contributed by atoms with van der Waals surface area (Å²) in [6.07, 6.45) is 6.26. The lowest BCUT2D eigenvalue weighted by Gasteiger charge is -2.41. The predicted octanol–water partition coefficient (Wildman–Crippen LogP) is 4.34. The van der Waals surface area contributed by atoms with Crippen LogP contribution in [-0.2, 0) is 6.42 Å². The summed E-state index contributed by atoms with van der Waals surface area (Å²) < 4.78 is 13.8. The van der Waals surface area contributed by atoms with Crippen LogP contribution in [0.5, 0.6) is 0 Å². The first-order chi connectivity index (χ1) is 9.04. The molecule has 0 saturated heterocycles. The van der Waals surface area contributed by atoms with Crippen molar-refractivity contribution >= 4 is 0 Å². The molecule has 2 rings (SSSR count). The van der Waals surface area contributed by atoms with Crippen molar-refractivity contribution in [2.75, 3.05) is 0 Å². The van der Waals surface area contributed by atoms with Crippen LogP contribution in [0, 0.1) is 17.7 Å². The Bertz CT molecular complexity index is 413. The Kier molecular flexibility index (Phi) is 4.62. The van der Waals surface area contributed by atoms with E-state index in [1.807, 2.05) is 13.0 Å². The number of halogens is 1. The molecular formula is C17H25FO. The molecule has 0 heterocycles. The van der Waals surface area contributed by atoms with E-state index in [0.717, 1.165) is 12.8 Å². The topological polar surface area (TPSA) is 20.2 Å². The van der Waals surface area contributed by atoms with Gasteiger partial charge in [-0.05, 0) is 36.8 Å². The molecule has 2 heteroatoms. The first-order valence-electron chi connectivity index (χ1n) is 7.50. The molecule has 0 amide bonds. The van der Waals surface area contributed by atoms with Gasteiger partial charge in [-0.3, -0.25) is 0 Å². The van der Waals surface area contributed by atoms with Gasteiger partial charge in [-0.25, -0.2) is 4.39 Å². The van der Waals surface area contributed by atoms with Gasteiger partial charge in [0.05, 0.1) is 5.60 Å². The van der Waals surface area contributed by atoms with Crippen molar-refractivity contribution in [3.63, 3.8) is 0 Å². The van der Waals surface area contributed by atoms with E-state index in [1.54, 1.807) is 12.1 Å². The second-order valence-electron chi connectivity index (χ2n) is 6.18. The molecule has 0 bridgehead atoms. The van der Waals surface area contributed by atoms with E-state index in [9.17, 15) is 9.50 Å². The lowest BCUT2D eigenvalue weighted by molar-refractivity contribution is -0.0435. The zero-order chi connectivity index (χ0) is 13.9. The molecule has 0 aliphatic heterocycles. The minimum absolute atomic E-state index is 0.202. The van der Waals surface area contributed by atoms with Crippen LogP contribution in [0.25, 0.3) is 0 Å². The molecule has 1 fully saturated rings. The molecule has 1 aliphatic carbocycles. The molecule has 0 radical (unpaired) electrons. The van der Waals surface area contributed by atoms with Gasteiger partial charge in [-0.1, -0.05) is 50.8 Å². The Labute approximate surface area is 115 Å². The minimum atomic E-state index is -0.802.